The molecule has 2 atom stereocenters. The molecule has 0 saturated carbocycles. The van der Waals surface area contributed by atoms with Gasteiger partial charge in [-0.15, -0.1) is 0 Å². The molecule has 2 saturated heterocycles. The molecule has 2 unspecified atom stereocenters. The van der Waals surface area contributed by atoms with Crippen LogP contribution in [0.5, 0.6) is 0 Å². The first kappa shape index (κ1) is 9.68. The summed E-state index contributed by atoms with van der Waals surface area (Å²) in [5, 5.41) is 3.20. The molecule has 2 nitrogen and oxygen atoms in total. The van der Waals surface area contributed by atoms with E-state index in [9.17, 15) is 8.78 Å². The van der Waals surface area contributed by atoms with E-state index in [0.29, 0.717) is 13.0 Å². The van der Waals surface area contributed by atoms with Crippen molar-refractivity contribution in [2.24, 2.45) is 0 Å². The van der Waals surface area contributed by atoms with Crippen LogP contribution in [-0.2, 0) is 4.74 Å². The van der Waals surface area contributed by atoms with Gasteiger partial charge in [-0.25, -0.2) is 8.78 Å². The number of hydrogen-bond donors (Lipinski definition) is 1. The van der Waals surface area contributed by atoms with Gasteiger partial charge in [0.15, 0.2) is 0 Å². The maximum atomic E-state index is 12.4. The maximum absolute atomic E-state index is 12.4. The van der Waals surface area contributed by atoms with Crippen molar-refractivity contribution in [1.29, 1.82) is 0 Å². The van der Waals surface area contributed by atoms with Crippen LogP contribution in [0.25, 0.3) is 0 Å². The molecular weight excluding hydrogens is 196 g/mol. The van der Waals surface area contributed by atoms with E-state index in [-0.39, 0.29) is 0 Å². The van der Waals surface area contributed by atoms with Crippen LogP contribution in [0.3, 0.4) is 0 Å². The van der Waals surface area contributed by atoms with Gasteiger partial charge < -0.3 is 4.74 Å². The molecule has 0 radical (unpaired) electrons. The third kappa shape index (κ3) is 1.97. The first-order chi connectivity index (χ1) is 6.22. The largest absolute Gasteiger partial charge is 0.351 e. The Bertz CT molecular complexity index is 185. The predicted octanol–water partition coefficient (Wildman–Crippen LogP) is 1.46. The standard InChI is InChI=1S/C8H13F2NOS/c9-7(10)6-1-3-11-8(12-6)2-4-13-5-8/h6-7,11H,1-5H2. The summed E-state index contributed by atoms with van der Waals surface area (Å²) in [5.41, 5.74) is -0.440. The zero-order valence-corrected chi connectivity index (χ0v) is 8.08. The quantitative estimate of drug-likeness (QED) is 0.706. The Morgan fingerprint density at radius 1 is 1.54 bits per heavy atom. The monoisotopic (exact) mass is 209 g/mol. The predicted molar refractivity (Wildman–Crippen MR) is 48.2 cm³/mol. The minimum absolute atomic E-state index is 0.421. The molecule has 2 heterocycles. The molecular formula is C8H13F2NOS. The van der Waals surface area contributed by atoms with E-state index in [0.717, 1.165) is 17.9 Å². The molecule has 5 heteroatoms. The lowest BCUT2D eigenvalue weighted by Crippen LogP contribution is -2.56. The molecule has 1 N–H and O–H groups in total. The minimum Gasteiger partial charge on any atom is -0.351 e. The lowest BCUT2D eigenvalue weighted by Gasteiger charge is -2.38. The van der Waals surface area contributed by atoms with E-state index >= 15 is 0 Å². The van der Waals surface area contributed by atoms with E-state index in [4.69, 9.17) is 4.74 Å². The van der Waals surface area contributed by atoms with Gasteiger partial charge in [0.05, 0.1) is 0 Å². The summed E-state index contributed by atoms with van der Waals surface area (Å²) in [4.78, 5) is 0. The third-order valence-electron chi connectivity index (χ3n) is 2.52. The second-order valence-corrected chi connectivity index (χ2v) is 4.61. The third-order valence-corrected chi connectivity index (χ3v) is 3.68. The molecule has 2 rings (SSSR count). The van der Waals surface area contributed by atoms with Crippen LogP contribution in [0.2, 0.25) is 0 Å². The van der Waals surface area contributed by atoms with Gasteiger partial charge in [-0.3, -0.25) is 5.32 Å². The van der Waals surface area contributed by atoms with Crippen molar-refractivity contribution >= 4 is 11.8 Å². The van der Waals surface area contributed by atoms with E-state index in [1.54, 1.807) is 11.8 Å². The Kier molecular flexibility index (Phi) is 2.76. The average Bonchev–Trinajstić information content (AvgIpc) is 2.53. The molecule has 2 fully saturated rings. The highest BCUT2D eigenvalue weighted by Gasteiger charge is 2.42. The number of rotatable bonds is 1. The molecule has 2 aliphatic heterocycles. The van der Waals surface area contributed by atoms with E-state index in [1.807, 2.05) is 0 Å². The maximum Gasteiger partial charge on any atom is 0.264 e. The highest BCUT2D eigenvalue weighted by molar-refractivity contribution is 7.99. The highest BCUT2D eigenvalue weighted by atomic mass is 32.2. The van der Waals surface area contributed by atoms with Crippen molar-refractivity contribution in [2.75, 3.05) is 18.1 Å². The Labute approximate surface area is 80.4 Å². The van der Waals surface area contributed by atoms with E-state index < -0.39 is 18.3 Å². The molecule has 0 aromatic heterocycles. The zero-order valence-electron chi connectivity index (χ0n) is 7.26. The van der Waals surface area contributed by atoms with Crippen LogP contribution in [0.4, 0.5) is 8.78 Å². The Hall–Kier alpha value is 0.130. The van der Waals surface area contributed by atoms with Crippen LogP contribution >= 0.6 is 11.8 Å². The van der Waals surface area contributed by atoms with Crippen LogP contribution < -0.4 is 5.32 Å². The summed E-state index contributed by atoms with van der Waals surface area (Å²) in [7, 11) is 0. The number of nitrogens with one attached hydrogen (secondary N) is 1. The topological polar surface area (TPSA) is 21.3 Å². The van der Waals surface area contributed by atoms with Gasteiger partial charge in [-0.1, -0.05) is 0 Å². The summed E-state index contributed by atoms with van der Waals surface area (Å²) < 4.78 is 30.2. The van der Waals surface area contributed by atoms with Crippen LogP contribution in [-0.4, -0.2) is 36.3 Å². The lowest BCUT2D eigenvalue weighted by atomic mass is 10.1. The second-order valence-electron chi connectivity index (χ2n) is 3.50. The van der Waals surface area contributed by atoms with Crippen molar-refractivity contribution in [3.05, 3.63) is 0 Å². The van der Waals surface area contributed by atoms with Gasteiger partial charge >= 0.3 is 0 Å². The Morgan fingerprint density at radius 3 is 3.00 bits per heavy atom. The number of ether oxygens (including phenoxy) is 1. The van der Waals surface area contributed by atoms with E-state index in [2.05, 4.69) is 5.32 Å². The fourth-order valence-corrected chi connectivity index (χ4v) is 3.05. The summed E-state index contributed by atoms with van der Waals surface area (Å²) in [6.45, 7) is 0.648. The van der Waals surface area contributed by atoms with Crippen LogP contribution in [0.1, 0.15) is 12.8 Å². The van der Waals surface area contributed by atoms with E-state index in [1.165, 1.54) is 0 Å². The smallest absolute Gasteiger partial charge is 0.264 e. The van der Waals surface area contributed by atoms with Gasteiger partial charge in [0.2, 0.25) is 0 Å². The Morgan fingerprint density at radius 2 is 2.38 bits per heavy atom. The summed E-state index contributed by atoms with van der Waals surface area (Å²) >= 11 is 1.76. The van der Waals surface area contributed by atoms with Crippen molar-refractivity contribution in [1.82, 2.24) is 5.32 Å². The fraction of sp³-hybridized carbons (Fsp3) is 1.00. The number of thioether (sulfide) groups is 1. The first-order valence-corrected chi connectivity index (χ1v) is 5.66. The first-order valence-electron chi connectivity index (χ1n) is 4.51. The van der Waals surface area contributed by atoms with Gasteiger partial charge in [0.1, 0.15) is 11.8 Å². The molecule has 0 aromatic rings. The summed E-state index contributed by atoms with van der Waals surface area (Å²) in [6, 6.07) is 0. The van der Waals surface area contributed by atoms with Crippen LogP contribution in [0, 0.1) is 0 Å². The zero-order chi connectivity index (χ0) is 9.31. The SMILES string of the molecule is FC(F)C1CCNC2(CCSC2)O1. The second kappa shape index (κ2) is 3.71. The summed E-state index contributed by atoms with van der Waals surface area (Å²) in [6.07, 6.45) is -1.94. The Balaban J connectivity index is 1.98. The molecule has 13 heavy (non-hydrogen) atoms. The van der Waals surface area contributed by atoms with Crippen molar-refractivity contribution in [2.45, 2.75) is 31.1 Å². The normalized spacial score (nSPS) is 40.4. The van der Waals surface area contributed by atoms with Gasteiger partial charge in [0, 0.05) is 12.3 Å². The number of alkyl halides is 2. The van der Waals surface area contributed by atoms with Gasteiger partial charge in [-0.2, -0.15) is 11.8 Å². The average molecular weight is 209 g/mol. The molecule has 0 bridgehead atoms. The molecule has 2 aliphatic rings. The molecule has 0 amide bonds. The van der Waals surface area contributed by atoms with Crippen molar-refractivity contribution in [3.63, 3.8) is 0 Å². The van der Waals surface area contributed by atoms with Gasteiger partial charge in [0.25, 0.3) is 6.43 Å². The molecule has 0 aromatic carbocycles. The fourth-order valence-electron chi connectivity index (χ4n) is 1.79. The number of hydrogen-bond acceptors (Lipinski definition) is 3. The van der Waals surface area contributed by atoms with Crippen LogP contribution in [0.15, 0.2) is 0 Å². The molecule has 0 aliphatic carbocycles. The number of halogens is 2. The highest BCUT2D eigenvalue weighted by Crippen LogP contribution is 2.33. The lowest BCUT2D eigenvalue weighted by molar-refractivity contribution is -0.171. The molecule has 1 spiro atoms. The summed E-state index contributed by atoms with van der Waals surface area (Å²) in [5.74, 6) is 1.80. The van der Waals surface area contributed by atoms with Crippen molar-refractivity contribution in [3.8, 4) is 0 Å². The van der Waals surface area contributed by atoms with Crippen molar-refractivity contribution < 1.29 is 13.5 Å². The van der Waals surface area contributed by atoms with Gasteiger partial charge in [-0.05, 0) is 18.6 Å². The molecule has 76 valence electrons. The minimum atomic E-state index is -2.34.